The van der Waals surface area contributed by atoms with Crippen LogP contribution in [0.2, 0.25) is 0 Å². The summed E-state index contributed by atoms with van der Waals surface area (Å²) >= 11 is 0. The maximum atomic E-state index is 13.2. The summed E-state index contributed by atoms with van der Waals surface area (Å²) in [4.78, 5) is 11.3. The van der Waals surface area contributed by atoms with Gasteiger partial charge in [0.2, 0.25) is 0 Å². The smallest absolute Gasteiger partial charge is 0.329 e. The number of aryl methyl sites for hydroxylation is 1. The number of aliphatic carboxylic acids is 1. The maximum Gasteiger partial charge on any atom is 0.329 e. The van der Waals surface area contributed by atoms with Gasteiger partial charge in [-0.1, -0.05) is 13.8 Å². The molecule has 4 heteroatoms. The Hall–Kier alpha value is -1.58. The fourth-order valence-electron chi connectivity index (χ4n) is 1.55. The van der Waals surface area contributed by atoms with Crippen molar-refractivity contribution in [3.05, 3.63) is 29.6 Å². The number of carboxylic acid groups (broad SMARTS) is 1. The zero-order valence-electron chi connectivity index (χ0n) is 10.5. The van der Waals surface area contributed by atoms with Gasteiger partial charge in [-0.15, -0.1) is 0 Å². The van der Waals surface area contributed by atoms with E-state index >= 15 is 0 Å². The van der Waals surface area contributed by atoms with E-state index in [1.165, 1.54) is 12.1 Å². The van der Waals surface area contributed by atoms with E-state index in [2.05, 4.69) is 5.32 Å². The van der Waals surface area contributed by atoms with E-state index in [0.29, 0.717) is 5.69 Å². The van der Waals surface area contributed by atoms with E-state index < -0.39 is 11.5 Å². The van der Waals surface area contributed by atoms with Crippen molar-refractivity contribution in [2.75, 3.05) is 5.32 Å². The number of rotatable bonds is 4. The van der Waals surface area contributed by atoms with E-state index in [9.17, 15) is 14.3 Å². The highest BCUT2D eigenvalue weighted by molar-refractivity contribution is 5.82. The molecule has 1 unspecified atom stereocenters. The Morgan fingerprint density at radius 2 is 2.00 bits per heavy atom. The van der Waals surface area contributed by atoms with E-state index in [1.807, 2.05) is 13.8 Å². The molecular weight excluding hydrogens is 221 g/mol. The van der Waals surface area contributed by atoms with E-state index in [1.54, 1.807) is 19.9 Å². The Labute approximate surface area is 101 Å². The molecule has 17 heavy (non-hydrogen) atoms. The largest absolute Gasteiger partial charge is 0.480 e. The summed E-state index contributed by atoms with van der Waals surface area (Å²) in [6, 6.07) is 4.43. The molecule has 0 saturated carbocycles. The van der Waals surface area contributed by atoms with Crippen LogP contribution >= 0.6 is 0 Å². The summed E-state index contributed by atoms with van der Waals surface area (Å²) in [5.41, 5.74) is 0.130. The van der Waals surface area contributed by atoms with Crippen LogP contribution in [0, 0.1) is 18.7 Å². The van der Waals surface area contributed by atoms with Crippen LogP contribution in [0.4, 0.5) is 10.1 Å². The highest BCUT2D eigenvalue weighted by Gasteiger charge is 2.36. The molecular formula is C13H18FNO2. The van der Waals surface area contributed by atoms with Crippen LogP contribution in [0.15, 0.2) is 18.2 Å². The predicted molar refractivity (Wildman–Crippen MR) is 65.6 cm³/mol. The van der Waals surface area contributed by atoms with Gasteiger partial charge in [-0.05, 0) is 43.5 Å². The van der Waals surface area contributed by atoms with Gasteiger partial charge in [-0.2, -0.15) is 0 Å². The van der Waals surface area contributed by atoms with E-state index in [4.69, 9.17) is 0 Å². The van der Waals surface area contributed by atoms with E-state index in [0.717, 1.165) is 5.56 Å². The molecule has 0 spiro atoms. The summed E-state index contributed by atoms with van der Waals surface area (Å²) in [5.74, 6) is -1.44. The monoisotopic (exact) mass is 239 g/mol. The zero-order chi connectivity index (χ0) is 13.2. The highest BCUT2D eigenvalue weighted by Crippen LogP contribution is 2.24. The molecule has 0 amide bonds. The summed E-state index contributed by atoms with van der Waals surface area (Å²) in [5, 5.41) is 12.1. The normalized spacial score (nSPS) is 14.5. The number of benzene rings is 1. The van der Waals surface area contributed by atoms with Gasteiger partial charge >= 0.3 is 5.97 Å². The summed E-state index contributed by atoms with van der Waals surface area (Å²) in [6.07, 6.45) is 0. The molecule has 0 aliphatic rings. The first-order valence-corrected chi connectivity index (χ1v) is 5.54. The van der Waals surface area contributed by atoms with Crippen LogP contribution in [-0.2, 0) is 4.79 Å². The van der Waals surface area contributed by atoms with Gasteiger partial charge in [-0.25, -0.2) is 9.18 Å². The number of nitrogens with one attached hydrogen (secondary N) is 1. The molecule has 0 saturated heterocycles. The Morgan fingerprint density at radius 3 is 2.41 bits per heavy atom. The standard InChI is InChI=1S/C13H18FNO2/c1-8(2)13(4,12(16)17)15-11-6-9(3)5-10(14)7-11/h5-8,15H,1-4H3,(H,16,17). The first kappa shape index (κ1) is 13.5. The number of carbonyl (C=O) groups is 1. The lowest BCUT2D eigenvalue weighted by atomic mass is 9.88. The maximum absolute atomic E-state index is 13.2. The third-order valence-corrected chi connectivity index (χ3v) is 3.05. The van der Waals surface area contributed by atoms with Crippen LogP contribution < -0.4 is 5.32 Å². The number of carboxylic acids is 1. The average Bonchev–Trinajstić information content (AvgIpc) is 2.14. The lowest BCUT2D eigenvalue weighted by molar-refractivity contribution is -0.143. The van der Waals surface area contributed by atoms with Crippen molar-refractivity contribution >= 4 is 11.7 Å². The minimum Gasteiger partial charge on any atom is -0.480 e. The first-order chi connectivity index (χ1) is 7.75. The lowest BCUT2D eigenvalue weighted by Crippen LogP contribution is -2.48. The van der Waals surface area contributed by atoms with Crippen LogP contribution in [-0.4, -0.2) is 16.6 Å². The molecule has 0 aliphatic carbocycles. The molecule has 1 aromatic rings. The van der Waals surface area contributed by atoms with Crippen molar-refractivity contribution < 1.29 is 14.3 Å². The Balaban J connectivity index is 3.06. The number of halogens is 1. The zero-order valence-corrected chi connectivity index (χ0v) is 10.5. The molecule has 0 radical (unpaired) electrons. The Bertz CT molecular complexity index is 411. The van der Waals surface area contributed by atoms with Crippen molar-refractivity contribution in [3.8, 4) is 0 Å². The first-order valence-electron chi connectivity index (χ1n) is 5.54. The van der Waals surface area contributed by atoms with Gasteiger partial charge in [-0.3, -0.25) is 0 Å². The number of anilines is 1. The van der Waals surface area contributed by atoms with Crippen molar-refractivity contribution in [2.24, 2.45) is 5.92 Å². The second-order valence-electron chi connectivity index (χ2n) is 4.80. The molecule has 0 aromatic heterocycles. The quantitative estimate of drug-likeness (QED) is 0.849. The second-order valence-corrected chi connectivity index (χ2v) is 4.80. The molecule has 2 N–H and O–H groups in total. The molecule has 0 bridgehead atoms. The molecule has 94 valence electrons. The summed E-state index contributed by atoms with van der Waals surface area (Å²) in [7, 11) is 0. The molecule has 0 heterocycles. The SMILES string of the molecule is Cc1cc(F)cc(NC(C)(C(=O)O)C(C)C)c1. The van der Waals surface area contributed by atoms with Crippen molar-refractivity contribution in [1.29, 1.82) is 0 Å². The van der Waals surface area contributed by atoms with Crippen molar-refractivity contribution in [2.45, 2.75) is 33.2 Å². The molecule has 0 aliphatic heterocycles. The minimum absolute atomic E-state index is 0.122. The predicted octanol–water partition coefficient (Wildman–Crippen LogP) is 3.05. The van der Waals surface area contributed by atoms with Gasteiger partial charge in [0.1, 0.15) is 11.4 Å². The topological polar surface area (TPSA) is 49.3 Å². The lowest BCUT2D eigenvalue weighted by Gasteiger charge is -2.31. The molecule has 1 atom stereocenters. The third-order valence-electron chi connectivity index (χ3n) is 3.05. The van der Waals surface area contributed by atoms with Crippen molar-refractivity contribution in [3.63, 3.8) is 0 Å². The minimum atomic E-state index is -1.11. The fraction of sp³-hybridized carbons (Fsp3) is 0.462. The molecule has 1 aromatic carbocycles. The second kappa shape index (κ2) is 4.73. The molecule has 3 nitrogen and oxygen atoms in total. The van der Waals surface area contributed by atoms with Gasteiger partial charge in [0.15, 0.2) is 0 Å². The fourth-order valence-corrected chi connectivity index (χ4v) is 1.55. The third kappa shape index (κ3) is 2.96. The summed E-state index contributed by atoms with van der Waals surface area (Å²) in [6.45, 7) is 6.99. The van der Waals surface area contributed by atoms with Gasteiger partial charge < -0.3 is 10.4 Å². The van der Waals surface area contributed by atoms with E-state index in [-0.39, 0.29) is 11.7 Å². The van der Waals surface area contributed by atoms with Crippen LogP contribution in [0.25, 0.3) is 0 Å². The number of hydrogen-bond acceptors (Lipinski definition) is 2. The Kier molecular flexibility index (Phi) is 3.76. The summed E-state index contributed by atoms with van der Waals surface area (Å²) < 4.78 is 13.2. The Morgan fingerprint density at radius 1 is 1.41 bits per heavy atom. The average molecular weight is 239 g/mol. The van der Waals surface area contributed by atoms with Gasteiger partial charge in [0, 0.05) is 5.69 Å². The van der Waals surface area contributed by atoms with Gasteiger partial charge in [0.05, 0.1) is 0 Å². The van der Waals surface area contributed by atoms with Crippen LogP contribution in [0.1, 0.15) is 26.3 Å². The molecule has 1 rings (SSSR count). The van der Waals surface area contributed by atoms with Crippen LogP contribution in [0.3, 0.4) is 0 Å². The molecule has 0 fully saturated rings. The van der Waals surface area contributed by atoms with Crippen LogP contribution in [0.5, 0.6) is 0 Å². The van der Waals surface area contributed by atoms with Crippen molar-refractivity contribution in [1.82, 2.24) is 0 Å². The number of hydrogen-bond donors (Lipinski definition) is 2. The highest BCUT2D eigenvalue weighted by atomic mass is 19.1. The van der Waals surface area contributed by atoms with Gasteiger partial charge in [0.25, 0.3) is 0 Å².